The lowest BCUT2D eigenvalue weighted by Crippen LogP contribution is -2.27. The SMILES string of the molecule is O=C(O)CC(F)(F)COCc1ccccc1. The molecule has 0 fully saturated rings. The molecule has 0 saturated heterocycles. The minimum Gasteiger partial charge on any atom is -0.481 e. The number of halogens is 2. The summed E-state index contributed by atoms with van der Waals surface area (Å²) in [6.07, 6.45) is -1.21. The van der Waals surface area contributed by atoms with Crippen molar-refractivity contribution in [2.45, 2.75) is 19.0 Å². The first kappa shape index (κ1) is 12.6. The molecule has 0 aliphatic carbocycles. The van der Waals surface area contributed by atoms with Crippen molar-refractivity contribution in [1.82, 2.24) is 0 Å². The minimum atomic E-state index is -3.32. The fourth-order valence-corrected chi connectivity index (χ4v) is 1.16. The van der Waals surface area contributed by atoms with Gasteiger partial charge in [0.25, 0.3) is 5.92 Å². The van der Waals surface area contributed by atoms with Gasteiger partial charge >= 0.3 is 5.97 Å². The lowest BCUT2D eigenvalue weighted by atomic mass is 10.2. The lowest BCUT2D eigenvalue weighted by Gasteiger charge is -2.13. The summed E-state index contributed by atoms with van der Waals surface area (Å²) in [6, 6.07) is 8.84. The van der Waals surface area contributed by atoms with Gasteiger partial charge in [-0.2, -0.15) is 0 Å². The van der Waals surface area contributed by atoms with Crippen LogP contribution in [0.3, 0.4) is 0 Å². The van der Waals surface area contributed by atoms with Crippen LogP contribution in [-0.4, -0.2) is 23.6 Å². The second-order valence-corrected chi connectivity index (χ2v) is 3.40. The molecule has 0 amide bonds. The molecule has 1 rings (SSSR count). The van der Waals surface area contributed by atoms with Gasteiger partial charge in [-0.05, 0) is 5.56 Å². The Morgan fingerprint density at radius 3 is 2.50 bits per heavy atom. The van der Waals surface area contributed by atoms with E-state index in [1.165, 1.54) is 0 Å². The third-order valence-corrected chi connectivity index (χ3v) is 1.83. The second kappa shape index (κ2) is 5.55. The van der Waals surface area contributed by atoms with Crippen LogP contribution < -0.4 is 0 Å². The van der Waals surface area contributed by atoms with Crippen molar-refractivity contribution in [3.05, 3.63) is 35.9 Å². The Kier molecular flexibility index (Phi) is 4.37. The number of rotatable bonds is 6. The molecule has 88 valence electrons. The van der Waals surface area contributed by atoms with Crippen molar-refractivity contribution in [2.24, 2.45) is 0 Å². The van der Waals surface area contributed by atoms with Gasteiger partial charge in [-0.3, -0.25) is 4.79 Å². The number of benzene rings is 1. The highest BCUT2D eigenvalue weighted by Crippen LogP contribution is 2.19. The first-order chi connectivity index (χ1) is 7.49. The highest BCUT2D eigenvalue weighted by Gasteiger charge is 2.32. The molecule has 0 spiro atoms. The van der Waals surface area contributed by atoms with Crippen LogP contribution in [0.1, 0.15) is 12.0 Å². The van der Waals surface area contributed by atoms with E-state index in [9.17, 15) is 13.6 Å². The van der Waals surface area contributed by atoms with Gasteiger partial charge in [0.1, 0.15) is 13.0 Å². The zero-order chi connectivity index (χ0) is 12.0. The minimum absolute atomic E-state index is 0.0516. The molecule has 1 aromatic carbocycles. The molecule has 0 atom stereocenters. The largest absolute Gasteiger partial charge is 0.481 e. The fraction of sp³-hybridized carbons (Fsp3) is 0.364. The molecule has 0 unspecified atom stereocenters. The monoisotopic (exact) mass is 230 g/mol. The Balaban J connectivity index is 2.32. The summed E-state index contributed by atoms with van der Waals surface area (Å²) in [7, 11) is 0. The van der Waals surface area contributed by atoms with Crippen molar-refractivity contribution in [3.8, 4) is 0 Å². The number of hydrogen-bond donors (Lipinski definition) is 1. The first-order valence-corrected chi connectivity index (χ1v) is 4.71. The summed E-state index contributed by atoms with van der Waals surface area (Å²) >= 11 is 0. The number of hydrogen-bond acceptors (Lipinski definition) is 2. The Bertz CT molecular complexity index is 338. The maximum atomic E-state index is 12.9. The molecule has 0 aliphatic rings. The predicted molar refractivity (Wildman–Crippen MR) is 53.3 cm³/mol. The van der Waals surface area contributed by atoms with Gasteiger partial charge in [-0.1, -0.05) is 30.3 Å². The summed E-state index contributed by atoms with van der Waals surface area (Å²) in [5, 5.41) is 8.23. The van der Waals surface area contributed by atoms with E-state index >= 15 is 0 Å². The van der Waals surface area contributed by atoms with Gasteiger partial charge in [-0.25, -0.2) is 8.78 Å². The van der Waals surface area contributed by atoms with E-state index < -0.39 is 24.9 Å². The topological polar surface area (TPSA) is 46.5 Å². The molecule has 16 heavy (non-hydrogen) atoms. The molecule has 0 bridgehead atoms. The lowest BCUT2D eigenvalue weighted by molar-refractivity contribution is -0.150. The summed E-state index contributed by atoms with van der Waals surface area (Å²) in [5.74, 6) is -4.85. The quantitative estimate of drug-likeness (QED) is 0.815. The Labute approximate surface area is 91.7 Å². The number of carboxylic acid groups (broad SMARTS) is 1. The van der Waals surface area contributed by atoms with Gasteiger partial charge in [0, 0.05) is 0 Å². The van der Waals surface area contributed by atoms with Crippen LogP contribution in [-0.2, 0) is 16.1 Å². The zero-order valence-electron chi connectivity index (χ0n) is 8.53. The summed E-state index contributed by atoms with van der Waals surface area (Å²) < 4.78 is 30.5. The Morgan fingerprint density at radius 1 is 1.31 bits per heavy atom. The van der Waals surface area contributed by atoms with Crippen LogP contribution in [0.4, 0.5) is 8.78 Å². The number of carbonyl (C=O) groups is 1. The molecule has 1 aromatic rings. The van der Waals surface area contributed by atoms with Gasteiger partial charge in [0.2, 0.25) is 0 Å². The second-order valence-electron chi connectivity index (χ2n) is 3.40. The highest BCUT2D eigenvalue weighted by molar-refractivity contribution is 5.67. The number of ether oxygens (including phenoxy) is 1. The van der Waals surface area contributed by atoms with Crippen molar-refractivity contribution in [1.29, 1.82) is 0 Å². The van der Waals surface area contributed by atoms with Gasteiger partial charge < -0.3 is 9.84 Å². The zero-order valence-corrected chi connectivity index (χ0v) is 8.53. The molecule has 5 heteroatoms. The molecular weight excluding hydrogens is 218 g/mol. The normalized spacial score (nSPS) is 11.4. The highest BCUT2D eigenvalue weighted by atomic mass is 19.3. The van der Waals surface area contributed by atoms with Crippen molar-refractivity contribution in [3.63, 3.8) is 0 Å². The van der Waals surface area contributed by atoms with Gasteiger partial charge in [0.15, 0.2) is 0 Å². The third-order valence-electron chi connectivity index (χ3n) is 1.83. The van der Waals surface area contributed by atoms with Crippen LogP contribution in [0.25, 0.3) is 0 Å². The van der Waals surface area contributed by atoms with Crippen LogP contribution in [0.5, 0.6) is 0 Å². The molecule has 3 nitrogen and oxygen atoms in total. The molecule has 1 N–H and O–H groups in total. The number of carboxylic acids is 1. The molecule has 0 radical (unpaired) electrons. The van der Waals surface area contributed by atoms with Gasteiger partial charge in [-0.15, -0.1) is 0 Å². The molecular formula is C11H12F2O3. The summed E-state index contributed by atoms with van der Waals surface area (Å²) in [4.78, 5) is 10.1. The van der Waals surface area contributed by atoms with Crippen LogP contribution in [0, 0.1) is 0 Å². The smallest absolute Gasteiger partial charge is 0.309 e. The first-order valence-electron chi connectivity index (χ1n) is 4.71. The number of aliphatic carboxylic acids is 1. The summed E-state index contributed by atoms with van der Waals surface area (Å²) in [6.45, 7) is -0.829. The van der Waals surface area contributed by atoms with Crippen molar-refractivity contribution in [2.75, 3.05) is 6.61 Å². The van der Waals surface area contributed by atoms with Crippen LogP contribution in [0.15, 0.2) is 30.3 Å². The molecule has 0 saturated carbocycles. The Hall–Kier alpha value is -1.49. The van der Waals surface area contributed by atoms with E-state index in [1.807, 2.05) is 6.07 Å². The fourth-order valence-electron chi connectivity index (χ4n) is 1.16. The predicted octanol–water partition coefficient (Wildman–Crippen LogP) is 2.31. The van der Waals surface area contributed by atoms with Crippen molar-refractivity contribution < 1.29 is 23.4 Å². The average Bonchev–Trinajstić information content (AvgIpc) is 2.16. The molecule has 0 aromatic heterocycles. The van der Waals surface area contributed by atoms with E-state index in [0.717, 1.165) is 5.56 Å². The van der Waals surface area contributed by atoms with E-state index in [0.29, 0.717) is 0 Å². The maximum Gasteiger partial charge on any atom is 0.309 e. The third kappa shape index (κ3) is 4.84. The van der Waals surface area contributed by atoms with Gasteiger partial charge in [0.05, 0.1) is 6.61 Å². The van der Waals surface area contributed by atoms with E-state index in [-0.39, 0.29) is 6.61 Å². The van der Waals surface area contributed by atoms with Crippen LogP contribution >= 0.6 is 0 Å². The molecule has 0 heterocycles. The number of alkyl halides is 2. The van der Waals surface area contributed by atoms with Crippen LogP contribution in [0.2, 0.25) is 0 Å². The summed E-state index contributed by atoms with van der Waals surface area (Å²) in [5.41, 5.74) is 0.772. The Morgan fingerprint density at radius 2 is 1.94 bits per heavy atom. The standard InChI is InChI=1S/C11H12F2O3/c12-11(13,6-10(14)15)8-16-7-9-4-2-1-3-5-9/h1-5H,6-8H2,(H,14,15). The maximum absolute atomic E-state index is 12.9. The molecule has 0 aliphatic heterocycles. The van der Waals surface area contributed by atoms with Crippen molar-refractivity contribution >= 4 is 5.97 Å². The van der Waals surface area contributed by atoms with E-state index in [1.54, 1.807) is 24.3 Å². The van der Waals surface area contributed by atoms with E-state index in [4.69, 9.17) is 9.84 Å². The van der Waals surface area contributed by atoms with E-state index in [2.05, 4.69) is 0 Å². The average molecular weight is 230 g/mol.